The summed E-state index contributed by atoms with van der Waals surface area (Å²) in [6.45, 7) is 4.03. The molecule has 1 aliphatic heterocycles. The van der Waals surface area contributed by atoms with E-state index in [-0.39, 0.29) is 5.91 Å². The van der Waals surface area contributed by atoms with E-state index < -0.39 is 6.04 Å². The van der Waals surface area contributed by atoms with Gasteiger partial charge < -0.3 is 10.1 Å². The number of hydrogen-bond donors (Lipinski definition) is 2. The van der Waals surface area contributed by atoms with E-state index in [0.29, 0.717) is 23.1 Å². The minimum absolute atomic E-state index is 0.0501. The Balaban J connectivity index is 1.70. The molecule has 1 saturated heterocycles. The number of carbonyl (C=O) groups excluding carboxylic acids is 1. The molecular formula is C15H20N4O2S2. The lowest BCUT2D eigenvalue weighted by atomic mass is 10.0. The highest BCUT2D eigenvalue weighted by Crippen LogP contribution is 2.25. The maximum absolute atomic E-state index is 12.5. The summed E-state index contributed by atoms with van der Waals surface area (Å²) >= 11 is 6.87. The van der Waals surface area contributed by atoms with Gasteiger partial charge >= 0.3 is 0 Å². The van der Waals surface area contributed by atoms with Gasteiger partial charge in [0.15, 0.2) is 10.6 Å². The van der Waals surface area contributed by atoms with E-state index in [2.05, 4.69) is 15.5 Å². The van der Waals surface area contributed by atoms with Crippen LogP contribution in [0.4, 0.5) is 0 Å². The van der Waals surface area contributed by atoms with Crippen LogP contribution in [0.25, 0.3) is 10.7 Å². The van der Waals surface area contributed by atoms with Gasteiger partial charge in [0, 0.05) is 13.2 Å². The van der Waals surface area contributed by atoms with Gasteiger partial charge in [0.25, 0.3) is 0 Å². The Morgan fingerprint density at radius 2 is 2.57 bits per heavy atom. The molecule has 124 valence electrons. The number of rotatable bonds is 5. The van der Waals surface area contributed by atoms with Crippen LogP contribution in [0.1, 0.15) is 25.8 Å². The Bertz CT molecular complexity index is 701. The zero-order valence-electron chi connectivity index (χ0n) is 12.9. The molecule has 0 radical (unpaired) electrons. The van der Waals surface area contributed by atoms with Crippen LogP contribution in [0, 0.1) is 10.7 Å². The Hall–Kier alpha value is -1.51. The first-order valence-corrected chi connectivity index (χ1v) is 9.02. The number of thiophene rings is 1. The molecule has 6 nitrogen and oxygen atoms in total. The first-order valence-electron chi connectivity index (χ1n) is 7.73. The third kappa shape index (κ3) is 3.70. The number of aromatic nitrogens is 3. The third-order valence-electron chi connectivity index (χ3n) is 4.03. The summed E-state index contributed by atoms with van der Waals surface area (Å²) in [4.78, 5) is 13.5. The Labute approximate surface area is 143 Å². The van der Waals surface area contributed by atoms with Crippen molar-refractivity contribution in [2.45, 2.75) is 25.8 Å². The molecule has 3 heterocycles. The van der Waals surface area contributed by atoms with E-state index in [1.807, 2.05) is 24.4 Å². The number of ether oxygens (including phenoxy) is 1. The summed E-state index contributed by atoms with van der Waals surface area (Å²) < 4.78 is 7.67. The van der Waals surface area contributed by atoms with Gasteiger partial charge in [0.2, 0.25) is 5.91 Å². The molecule has 2 atom stereocenters. The zero-order valence-corrected chi connectivity index (χ0v) is 14.6. The van der Waals surface area contributed by atoms with Crippen molar-refractivity contribution in [2.24, 2.45) is 5.92 Å². The quantitative estimate of drug-likeness (QED) is 0.812. The smallest absolute Gasteiger partial charge is 0.242 e. The fourth-order valence-electron chi connectivity index (χ4n) is 2.72. The van der Waals surface area contributed by atoms with E-state index in [1.165, 1.54) is 0 Å². The van der Waals surface area contributed by atoms with Crippen molar-refractivity contribution in [3.8, 4) is 10.7 Å². The van der Waals surface area contributed by atoms with Gasteiger partial charge in [-0.05, 0) is 49.3 Å². The van der Waals surface area contributed by atoms with Gasteiger partial charge in [-0.3, -0.25) is 14.5 Å². The molecule has 0 saturated carbocycles. The molecule has 0 aromatic carbocycles. The monoisotopic (exact) mass is 352 g/mol. The summed E-state index contributed by atoms with van der Waals surface area (Å²) in [5, 5.41) is 12.1. The van der Waals surface area contributed by atoms with Gasteiger partial charge in [0.05, 0.1) is 11.5 Å². The zero-order chi connectivity index (χ0) is 16.2. The van der Waals surface area contributed by atoms with Gasteiger partial charge in [-0.25, -0.2) is 0 Å². The van der Waals surface area contributed by atoms with E-state index in [0.717, 1.165) is 30.9 Å². The number of hydrogen-bond acceptors (Lipinski definition) is 5. The van der Waals surface area contributed by atoms with Crippen LogP contribution in [0.3, 0.4) is 0 Å². The molecule has 2 N–H and O–H groups in total. The number of nitrogens with one attached hydrogen (secondary N) is 2. The van der Waals surface area contributed by atoms with Crippen molar-refractivity contribution in [3.05, 3.63) is 22.3 Å². The molecule has 0 aliphatic carbocycles. The predicted molar refractivity (Wildman–Crippen MR) is 92.0 cm³/mol. The summed E-state index contributed by atoms with van der Waals surface area (Å²) in [7, 11) is 0. The molecule has 1 fully saturated rings. The molecule has 1 amide bonds. The molecule has 8 heteroatoms. The summed E-state index contributed by atoms with van der Waals surface area (Å²) in [6.07, 6.45) is 2.16. The van der Waals surface area contributed by atoms with Crippen LogP contribution >= 0.6 is 23.6 Å². The van der Waals surface area contributed by atoms with Crippen LogP contribution in [0.2, 0.25) is 0 Å². The highest BCUT2D eigenvalue weighted by molar-refractivity contribution is 7.71. The number of H-pyrrole nitrogens is 1. The fourth-order valence-corrected chi connectivity index (χ4v) is 3.72. The second kappa shape index (κ2) is 7.37. The van der Waals surface area contributed by atoms with Crippen molar-refractivity contribution in [2.75, 3.05) is 19.8 Å². The average molecular weight is 352 g/mol. The first-order chi connectivity index (χ1) is 11.2. The molecule has 2 aromatic rings. The van der Waals surface area contributed by atoms with Crippen molar-refractivity contribution >= 4 is 29.5 Å². The largest absolute Gasteiger partial charge is 0.381 e. The third-order valence-corrected chi connectivity index (χ3v) is 5.19. The van der Waals surface area contributed by atoms with Crippen LogP contribution in [-0.2, 0) is 9.53 Å². The first kappa shape index (κ1) is 16.4. The van der Waals surface area contributed by atoms with E-state index >= 15 is 0 Å². The lowest BCUT2D eigenvalue weighted by molar-refractivity contribution is -0.124. The molecule has 0 spiro atoms. The van der Waals surface area contributed by atoms with E-state index in [4.69, 9.17) is 17.0 Å². The van der Waals surface area contributed by atoms with Gasteiger partial charge in [-0.1, -0.05) is 6.07 Å². The molecular weight excluding hydrogens is 332 g/mol. The Morgan fingerprint density at radius 3 is 3.26 bits per heavy atom. The number of nitrogens with zero attached hydrogens (tertiary/aromatic N) is 2. The normalized spacial score (nSPS) is 19.4. The Kier molecular flexibility index (Phi) is 5.24. The molecule has 0 unspecified atom stereocenters. The molecule has 3 rings (SSSR count). The summed E-state index contributed by atoms with van der Waals surface area (Å²) in [5.74, 6) is 1.05. The van der Waals surface area contributed by atoms with Crippen molar-refractivity contribution in [1.29, 1.82) is 0 Å². The fraction of sp³-hybridized carbons (Fsp3) is 0.533. The highest BCUT2D eigenvalue weighted by atomic mass is 32.1. The number of aromatic amines is 1. The summed E-state index contributed by atoms with van der Waals surface area (Å²) in [6, 6.07) is 3.51. The predicted octanol–water partition coefficient (Wildman–Crippen LogP) is 2.77. The van der Waals surface area contributed by atoms with Gasteiger partial charge in [-0.15, -0.1) is 11.3 Å². The maximum Gasteiger partial charge on any atom is 0.242 e. The number of carbonyl (C=O) groups is 1. The van der Waals surface area contributed by atoms with Crippen LogP contribution < -0.4 is 5.32 Å². The average Bonchev–Trinajstić information content (AvgIpc) is 3.22. The van der Waals surface area contributed by atoms with Crippen LogP contribution in [-0.4, -0.2) is 40.4 Å². The molecule has 2 aromatic heterocycles. The lowest BCUT2D eigenvalue weighted by Gasteiger charge is -2.23. The standard InChI is InChI=1S/C15H20N4O2S2/c1-10(14(20)16-8-11-4-2-6-21-9-11)19-13(17-18-15(19)22)12-5-3-7-23-12/h3,5,7,10-11H,2,4,6,8-9H2,1H3,(H,16,20)(H,18,22)/t10-,11+/m1/s1. The van der Waals surface area contributed by atoms with Crippen molar-refractivity contribution in [3.63, 3.8) is 0 Å². The van der Waals surface area contributed by atoms with Gasteiger partial charge in [0.1, 0.15) is 6.04 Å². The number of amides is 1. The molecule has 0 bridgehead atoms. The second-order valence-electron chi connectivity index (χ2n) is 5.70. The minimum Gasteiger partial charge on any atom is -0.381 e. The maximum atomic E-state index is 12.5. The van der Waals surface area contributed by atoms with Gasteiger partial charge in [-0.2, -0.15) is 5.10 Å². The van der Waals surface area contributed by atoms with E-state index in [1.54, 1.807) is 15.9 Å². The van der Waals surface area contributed by atoms with E-state index in [9.17, 15) is 4.79 Å². The van der Waals surface area contributed by atoms with Crippen LogP contribution in [0.15, 0.2) is 17.5 Å². The van der Waals surface area contributed by atoms with Crippen molar-refractivity contribution < 1.29 is 9.53 Å². The highest BCUT2D eigenvalue weighted by Gasteiger charge is 2.22. The summed E-state index contributed by atoms with van der Waals surface area (Å²) in [5.41, 5.74) is 0. The van der Waals surface area contributed by atoms with Crippen molar-refractivity contribution in [1.82, 2.24) is 20.1 Å². The topological polar surface area (TPSA) is 71.9 Å². The minimum atomic E-state index is -0.414. The Morgan fingerprint density at radius 1 is 1.70 bits per heavy atom. The molecule has 1 aliphatic rings. The molecule has 23 heavy (non-hydrogen) atoms. The second-order valence-corrected chi connectivity index (χ2v) is 7.04. The SMILES string of the molecule is C[C@H](C(=O)NC[C@@H]1CCCOC1)n1c(-c2cccs2)n[nH]c1=S. The lowest BCUT2D eigenvalue weighted by Crippen LogP contribution is -2.37. The van der Waals surface area contributed by atoms with Crippen LogP contribution in [0.5, 0.6) is 0 Å².